The Morgan fingerprint density at radius 2 is 2.24 bits per heavy atom. The van der Waals surface area contributed by atoms with Gasteiger partial charge in [0, 0.05) is 22.0 Å². The number of aldehydes is 1. The summed E-state index contributed by atoms with van der Waals surface area (Å²) < 4.78 is 0. The standard InChI is InChI=1S/C15H17NO/c1-2-15(10-17)8-7-14-12(9-15)11-5-3-4-6-13(11)16-14/h3-6,10,16H,2,7-9H2,1H3. The lowest BCUT2D eigenvalue weighted by molar-refractivity contribution is -0.117. The number of aromatic amines is 1. The Morgan fingerprint density at radius 1 is 1.41 bits per heavy atom. The first-order valence-corrected chi connectivity index (χ1v) is 6.33. The molecule has 1 atom stereocenters. The van der Waals surface area contributed by atoms with Crippen LogP contribution in [0, 0.1) is 5.41 Å². The summed E-state index contributed by atoms with van der Waals surface area (Å²) >= 11 is 0. The van der Waals surface area contributed by atoms with Gasteiger partial charge in [0.15, 0.2) is 0 Å². The van der Waals surface area contributed by atoms with Gasteiger partial charge >= 0.3 is 0 Å². The van der Waals surface area contributed by atoms with Gasteiger partial charge in [-0.1, -0.05) is 25.1 Å². The molecule has 0 fully saturated rings. The van der Waals surface area contributed by atoms with E-state index in [2.05, 4.69) is 36.2 Å². The predicted molar refractivity (Wildman–Crippen MR) is 69.1 cm³/mol. The predicted octanol–water partition coefficient (Wildman–Crippen LogP) is 3.25. The lowest BCUT2D eigenvalue weighted by atomic mass is 9.72. The summed E-state index contributed by atoms with van der Waals surface area (Å²) in [5, 5.41) is 1.29. The molecular weight excluding hydrogens is 210 g/mol. The Balaban J connectivity index is 2.14. The van der Waals surface area contributed by atoms with Crippen LogP contribution in [0.5, 0.6) is 0 Å². The van der Waals surface area contributed by atoms with Crippen LogP contribution in [-0.4, -0.2) is 11.3 Å². The highest BCUT2D eigenvalue weighted by Crippen LogP contribution is 2.39. The number of para-hydroxylation sites is 1. The van der Waals surface area contributed by atoms with Gasteiger partial charge in [0.2, 0.25) is 0 Å². The van der Waals surface area contributed by atoms with Crippen molar-refractivity contribution in [3.63, 3.8) is 0 Å². The summed E-state index contributed by atoms with van der Waals surface area (Å²) in [6.45, 7) is 2.12. The van der Waals surface area contributed by atoms with Crippen molar-refractivity contribution in [2.75, 3.05) is 0 Å². The molecule has 2 nitrogen and oxygen atoms in total. The van der Waals surface area contributed by atoms with Crippen molar-refractivity contribution in [3.05, 3.63) is 35.5 Å². The van der Waals surface area contributed by atoms with Crippen LogP contribution in [-0.2, 0) is 17.6 Å². The highest BCUT2D eigenvalue weighted by atomic mass is 16.1. The van der Waals surface area contributed by atoms with Gasteiger partial charge in [0.1, 0.15) is 6.29 Å². The van der Waals surface area contributed by atoms with E-state index in [1.54, 1.807) is 0 Å². The molecule has 0 saturated heterocycles. The van der Waals surface area contributed by atoms with E-state index in [4.69, 9.17) is 0 Å². The maximum absolute atomic E-state index is 11.4. The second kappa shape index (κ2) is 3.73. The number of aromatic nitrogens is 1. The van der Waals surface area contributed by atoms with Gasteiger partial charge in [0.05, 0.1) is 0 Å². The van der Waals surface area contributed by atoms with Gasteiger partial charge in [0.25, 0.3) is 0 Å². The molecule has 1 heterocycles. The minimum atomic E-state index is -0.127. The number of rotatable bonds is 2. The third-order valence-electron chi connectivity index (χ3n) is 4.26. The Morgan fingerprint density at radius 3 is 3.00 bits per heavy atom. The van der Waals surface area contributed by atoms with E-state index in [0.717, 1.165) is 25.7 Å². The van der Waals surface area contributed by atoms with Crippen molar-refractivity contribution >= 4 is 17.2 Å². The van der Waals surface area contributed by atoms with Gasteiger partial charge in [-0.2, -0.15) is 0 Å². The fraction of sp³-hybridized carbons (Fsp3) is 0.400. The Kier molecular flexibility index (Phi) is 2.32. The molecule has 1 N–H and O–H groups in total. The van der Waals surface area contributed by atoms with Crippen LogP contribution in [0.3, 0.4) is 0 Å². The third-order valence-corrected chi connectivity index (χ3v) is 4.26. The number of hydrogen-bond donors (Lipinski definition) is 1. The van der Waals surface area contributed by atoms with Crippen molar-refractivity contribution in [1.29, 1.82) is 0 Å². The summed E-state index contributed by atoms with van der Waals surface area (Å²) in [5.41, 5.74) is 3.77. The number of fused-ring (bicyclic) bond motifs is 3. The molecule has 0 bridgehead atoms. The smallest absolute Gasteiger partial charge is 0.126 e. The average Bonchev–Trinajstić information content (AvgIpc) is 2.76. The SMILES string of the molecule is CCC1(C=O)CCc2[nH]c3ccccc3c2C1. The zero-order valence-electron chi connectivity index (χ0n) is 10.1. The third kappa shape index (κ3) is 1.51. The van der Waals surface area contributed by atoms with Gasteiger partial charge in [-0.25, -0.2) is 0 Å². The molecule has 0 saturated carbocycles. The molecule has 2 aromatic rings. The first kappa shape index (κ1) is 10.6. The highest BCUT2D eigenvalue weighted by molar-refractivity contribution is 5.85. The fourth-order valence-electron chi connectivity index (χ4n) is 2.97. The lowest BCUT2D eigenvalue weighted by Gasteiger charge is -2.31. The Bertz CT molecular complexity index is 569. The number of benzene rings is 1. The Labute approximate surface area is 101 Å². The molecule has 1 aromatic carbocycles. The number of carbonyl (C=O) groups excluding carboxylic acids is 1. The maximum atomic E-state index is 11.4. The van der Waals surface area contributed by atoms with Crippen LogP contribution in [0.4, 0.5) is 0 Å². The lowest BCUT2D eigenvalue weighted by Crippen LogP contribution is -2.29. The summed E-state index contributed by atoms with van der Waals surface area (Å²) in [5.74, 6) is 0. The first-order chi connectivity index (χ1) is 8.28. The molecule has 1 aliphatic carbocycles. The van der Waals surface area contributed by atoms with Crippen molar-refractivity contribution < 1.29 is 4.79 Å². The van der Waals surface area contributed by atoms with E-state index in [1.165, 1.54) is 28.4 Å². The van der Waals surface area contributed by atoms with Crippen LogP contribution >= 0.6 is 0 Å². The van der Waals surface area contributed by atoms with E-state index >= 15 is 0 Å². The second-order valence-corrected chi connectivity index (χ2v) is 5.14. The molecule has 17 heavy (non-hydrogen) atoms. The van der Waals surface area contributed by atoms with Crippen LogP contribution < -0.4 is 0 Å². The largest absolute Gasteiger partial charge is 0.358 e. The molecule has 3 rings (SSSR count). The van der Waals surface area contributed by atoms with Crippen molar-refractivity contribution in [2.24, 2.45) is 5.41 Å². The van der Waals surface area contributed by atoms with Crippen LogP contribution in [0.2, 0.25) is 0 Å². The zero-order chi connectivity index (χ0) is 11.9. The number of H-pyrrole nitrogens is 1. The van der Waals surface area contributed by atoms with Gasteiger partial charge < -0.3 is 9.78 Å². The summed E-state index contributed by atoms with van der Waals surface area (Å²) in [6, 6.07) is 8.39. The van der Waals surface area contributed by atoms with E-state index in [9.17, 15) is 4.79 Å². The van der Waals surface area contributed by atoms with E-state index < -0.39 is 0 Å². The van der Waals surface area contributed by atoms with Crippen molar-refractivity contribution in [3.8, 4) is 0 Å². The minimum absolute atomic E-state index is 0.127. The highest BCUT2D eigenvalue weighted by Gasteiger charge is 2.34. The van der Waals surface area contributed by atoms with Crippen LogP contribution in [0.25, 0.3) is 10.9 Å². The van der Waals surface area contributed by atoms with E-state index in [-0.39, 0.29) is 5.41 Å². The van der Waals surface area contributed by atoms with Crippen LogP contribution in [0.1, 0.15) is 31.0 Å². The number of carbonyl (C=O) groups is 1. The first-order valence-electron chi connectivity index (χ1n) is 6.33. The van der Waals surface area contributed by atoms with Gasteiger partial charge in [-0.3, -0.25) is 0 Å². The van der Waals surface area contributed by atoms with E-state index in [0.29, 0.717) is 0 Å². The van der Waals surface area contributed by atoms with Crippen LogP contribution in [0.15, 0.2) is 24.3 Å². The fourth-order valence-corrected chi connectivity index (χ4v) is 2.97. The molecule has 0 spiro atoms. The van der Waals surface area contributed by atoms with Crippen molar-refractivity contribution in [1.82, 2.24) is 4.98 Å². The zero-order valence-corrected chi connectivity index (χ0v) is 10.1. The molecule has 88 valence electrons. The molecule has 1 aliphatic rings. The monoisotopic (exact) mass is 227 g/mol. The minimum Gasteiger partial charge on any atom is -0.358 e. The number of aryl methyl sites for hydroxylation is 1. The molecular formula is C15H17NO. The Hall–Kier alpha value is -1.57. The molecule has 2 heteroatoms. The van der Waals surface area contributed by atoms with E-state index in [1.807, 2.05) is 0 Å². The average molecular weight is 227 g/mol. The molecule has 0 amide bonds. The topological polar surface area (TPSA) is 32.9 Å². The van der Waals surface area contributed by atoms with Gasteiger partial charge in [-0.05, 0) is 37.3 Å². The second-order valence-electron chi connectivity index (χ2n) is 5.14. The molecule has 0 aliphatic heterocycles. The molecule has 0 radical (unpaired) electrons. The van der Waals surface area contributed by atoms with Gasteiger partial charge in [-0.15, -0.1) is 0 Å². The maximum Gasteiger partial charge on any atom is 0.126 e. The normalized spacial score (nSPS) is 23.6. The molecule has 1 aromatic heterocycles. The summed E-state index contributed by atoms with van der Waals surface area (Å²) in [4.78, 5) is 14.9. The number of hydrogen-bond acceptors (Lipinski definition) is 1. The summed E-state index contributed by atoms with van der Waals surface area (Å²) in [7, 11) is 0. The van der Waals surface area contributed by atoms with Crippen molar-refractivity contribution in [2.45, 2.75) is 32.6 Å². The molecule has 1 unspecified atom stereocenters. The number of nitrogens with one attached hydrogen (secondary N) is 1. The quantitative estimate of drug-likeness (QED) is 0.785. The summed E-state index contributed by atoms with van der Waals surface area (Å²) in [6.07, 6.45) is 4.99.